The smallest absolute Gasteiger partial charge is 0.306 e. The van der Waals surface area contributed by atoms with Crippen LogP contribution in [0.2, 0.25) is 0 Å². The predicted octanol–water partition coefficient (Wildman–Crippen LogP) is 14.9. The van der Waals surface area contributed by atoms with E-state index in [0.29, 0.717) is 17.4 Å². The van der Waals surface area contributed by atoms with Crippen molar-refractivity contribution in [2.75, 3.05) is 47.5 Å². The summed E-state index contributed by atoms with van der Waals surface area (Å²) >= 11 is 0. The predicted molar refractivity (Wildman–Crippen MR) is 301 cm³/mol. The number of carboxylic acids is 1. The highest BCUT2D eigenvalue weighted by Crippen LogP contribution is 2.12. The van der Waals surface area contributed by atoms with Gasteiger partial charge in [-0.15, -0.1) is 0 Å². The van der Waals surface area contributed by atoms with Gasteiger partial charge < -0.3 is 33.3 Å². The molecule has 2 atom stereocenters. The Morgan fingerprint density at radius 1 is 0.431 bits per heavy atom. The van der Waals surface area contributed by atoms with Crippen molar-refractivity contribution < 1.29 is 42.9 Å². The molecule has 0 bridgehead atoms. The first-order valence-corrected chi connectivity index (χ1v) is 27.8. The zero-order chi connectivity index (χ0) is 52.7. The van der Waals surface area contributed by atoms with E-state index in [1.54, 1.807) is 0 Å². The molecule has 0 heterocycles. The molecule has 0 saturated carbocycles. The fourth-order valence-corrected chi connectivity index (χ4v) is 6.85. The van der Waals surface area contributed by atoms with Gasteiger partial charge in [-0.1, -0.05) is 192 Å². The molecule has 0 aromatic carbocycles. The average molecular weight is 1000 g/mol. The zero-order valence-corrected chi connectivity index (χ0v) is 46.0. The van der Waals surface area contributed by atoms with Gasteiger partial charge >= 0.3 is 11.9 Å². The number of likely N-dealkylation sites (N-methyl/N-ethyl adjacent to an activating group) is 1. The van der Waals surface area contributed by atoms with Crippen molar-refractivity contribution in [3.05, 3.63) is 134 Å². The van der Waals surface area contributed by atoms with Gasteiger partial charge in [-0.3, -0.25) is 9.59 Å². The minimum Gasteiger partial charge on any atom is -0.545 e. The van der Waals surface area contributed by atoms with Gasteiger partial charge in [-0.25, -0.2) is 0 Å². The van der Waals surface area contributed by atoms with Crippen LogP contribution >= 0.6 is 0 Å². The van der Waals surface area contributed by atoms with Crippen molar-refractivity contribution in [1.29, 1.82) is 0 Å². The number of ether oxygens (including phenoxy) is 4. The lowest BCUT2D eigenvalue weighted by Gasteiger charge is -2.26. The minimum atomic E-state index is -1.64. The van der Waals surface area contributed by atoms with E-state index in [0.717, 1.165) is 135 Å². The van der Waals surface area contributed by atoms with Crippen molar-refractivity contribution >= 4 is 17.9 Å². The quantitative estimate of drug-likeness (QED) is 0.0195. The minimum absolute atomic E-state index is 0.134. The third kappa shape index (κ3) is 53.2. The number of carbonyl (C=O) groups is 3. The summed E-state index contributed by atoms with van der Waals surface area (Å²) < 4.78 is 22.6. The Balaban J connectivity index is 4.30. The van der Waals surface area contributed by atoms with E-state index in [-0.39, 0.29) is 38.6 Å². The number of allylic oxidation sites excluding steroid dienone is 22. The maximum atomic E-state index is 12.8. The highest BCUT2D eigenvalue weighted by atomic mass is 16.7. The fraction of sp³-hybridized carbons (Fsp3) is 0.603. The number of rotatable bonds is 49. The number of hydrogen-bond acceptors (Lipinski definition) is 8. The Morgan fingerprint density at radius 3 is 1.19 bits per heavy atom. The number of unbranched alkanes of at least 4 members (excludes halogenated alkanes) is 12. The molecular formula is C63H101NO8. The molecule has 0 rings (SSSR count). The summed E-state index contributed by atoms with van der Waals surface area (Å²) in [5.41, 5.74) is 0. The first-order valence-electron chi connectivity index (χ1n) is 27.8. The molecule has 0 fully saturated rings. The largest absolute Gasteiger partial charge is 0.545 e. The molecule has 0 saturated heterocycles. The lowest BCUT2D eigenvalue weighted by Crippen LogP contribution is -2.44. The number of hydrogen-bond donors (Lipinski definition) is 0. The Bertz CT molecular complexity index is 1640. The van der Waals surface area contributed by atoms with E-state index in [2.05, 4.69) is 148 Å². The molecule has 2 unspecified atom stereocenters. The Kier molecular flexibility index (Phi) is 49.4. The topological polar surface area (TPSA) is 111 Å². The van der Waals surface area contributed by atoms with E-state index >= 15 is 0 Å². The summed E-state index contributed by atoms with van der Waals surface area (Å²) in [4.78, 5) is 37.1. The summed E-state index contributed by atoms with van der Waals surface area (Å²) in [6.07, 6.45) is 72.2. The van der Waals surface area contributed by atoms with Crippen LogP contribution in [0, 0.1) is 0 Å². The molecule has 9 nitrogen and oxygen atoms in total. The van der Waals surface area contributed by atoms with Crippen LogP contribution in [-0.4, -0.2) is 82.3 Å². The summed E-state index contributed by atoms with van der Waals surface area (Å²) in [5, 5.41) is 11.7. The number of carbonyl (C=O) groups excluding carboxylic acids is 3. The SMILES string of the molecule is CC/C=C\C/C=C\C/C=C\C/C=C\C/C=C\C/C=C\C/C=C\C/C=C\C/C=C\C/C=C\CCCCCCC(=O)OC(COC(=O)CCCCCCC/C=C\CCCCC)COC(OCC[N+](C)(C)C)C(=O)[O-]. The molecule has 0 amide bonds. The van der Waals surface area contributed by atoms with Crippen LogP contribution in [0.5, 0.6) is 0 Å². The van der Waals surface area contributed by atoms with Crippen LogP contribution in [0.25, 0.3) is 0 Å². The van der Waals surface area contributed by atoms with Crippen molar-refractivity contribution in [3.63, 3.8) is 0 Å². The molecule has 0 aliphatic carbocycles. The van der Waals surface area contributed by atoms with Crippen LogP contribution in [0.15, 0.2) is 134 Å². The Hall–Kier alpha value is -4.57. The van der Waals surface area contributed by atoms with E-state index in [4.69, 9.17) is 18.9 Å². The number of aliphatic carboxylic acids is 1. The van der Waals surface area contributed by atoms with Gasteiger partial charge in [-0.2, -0.15) is 0 Å². The van der Waals surface area contributed by atoms with Gasteiger partial charge in [0.1, 0.15) is 13.2 Å². The van der Waals surface area contributed by atoms with Crippen LogP contribution in [0.3, 0.4) is 0 Å². The molecule has 0 N–H and O–H groups in total. The van der Waals surface area contributed by atoms with E-state index in [1.807, 2.05) is 21.1 Å². The van der Waals surface area contributed by atoms with Crippen molar-refractivity contribution in [2.45, 2.75) is 200 Å². The molecule has 0 aliphatic heterocycles. The van der Waals surface area contributed by atoms with Gasteiger partial charge in [0.2, 0.25) is 0 Å². The van der Waals surface area contributed by atoms with Crippen molar-refractivity contribution in [3.8, 4) is 0 Å². The molecular weight excluding hydrogens is 899 g/mol. The fourth-order valence-electron chi connectivity index (χ4n) is 6.85. The maximum Gasteiger partial charge on any atom is 0.306 e. The monoisotopic (exact) mass is 1000 g/mol. The average Bonchev–Trinajstić information content (AvgIpc) is 3.35. The second-order valence-electron chi connectivity index (χ2n) is 19.1. The molecule has 406 valence electrons. The summed E-state index contributed by atoms with van der Waals surface area (Å²) in [6.45, 7) is 4.53. The lowest BCUT2D eigenvalue weighted by molar-refractivity contribution is -0.870. The highest BCUT2D eigenvalue weighted by molar-refractivity contribution is 5.70. The van der Waals surface area contributed by atoms with E-state index in [1.165, 1.54) is 19.3 Å². The van der Waals surface area contributed by atoms with Gasteiger partial charge in [0, 0.05) is 12.8 Å². The normalized spacial score (nSPS) is 13.8. The second kappa shape index (κ2) is 52.7. The molecule has 9 heteroatoms. The molecule has 0 radical (unpaired) electrons. The summed E-state index contributed by atoms with van der Waals surface area (Å²) in [7, 11) is 5.89. The maximum absolute atomic E-state index is 12.8. The summed E-state index contributed by atoms with van der Waals surface area (Å²) in [6, 6.07) is 0. The van der Waals surface area contributed by atoms with Crippen LogP contribution in [0.4, 0.5) is 0 Å². The number of nitrogens with zero attached hydrogens (tertiary/aromatic N) is 1. The zero-order valence-electron chi connectivity index (χ0n) is 46.0. The van der Waals surface area contributed by atoms with Crippen LogP contribution in [0.1, 0.15) is 187 Å². The molecule has 0 aromatic rings. The van der Waals surface area contributed by atoms with Crippen molar-refractivity contribution in [1.82, 2.24) is 0 Å². The third-order valence-electron chi connectivity index (χ3n) is 11.1. The van der Waals surface area contributed by atoms with E-state index < -0.39 is 24.3 Å². The van der Waals surface area contributed by atoms with Gasteiger partial charge in [0.15, 0.2) is 12.4 Å². The number of carboxylic acid groups (broad SMARTS) is 1. The molecule has 0 aliphatic rings. The van der Waals surface area contributed by atoms with Gasteiger partial charge in [0.05, 0.1) is 40.3 Å². The standard InChI is InChI=1S/C63H101NO8/c1-6-8-10-12-14-16-18-20-21-22-23-24-25-26-27-28-29-30-31-32-33-34-35-36-37-38-39-40-41-42-44-46-48-50-52-54-61(66)72-59(58-71-63(62(67)68)69-56-55-64(3,4)5)57-70-60(65)53-51-49-47-45-43-19-17-15-13-11-9-7-2/h8,10,14-17,20-21,23-24,26-27,29-30,32-33,35-36,38-39,41-42,59,63H,6-7,9,11-13,18-19,22,25,28,31,34,37,40,43-58H2,1-5H3/b10-8-,16-14-,17-15-,21-20-,24-23-,27-26-,30-29-,33-32-,36-35-,39-38-,42-41-. The first kappa shape index (κ1) is 67.4. The van der Waals surface area contributed by atoms with Crippen LogP contribution < -0.4 is 5.11 Å². The van der Waals surface area contributed by atoms with E-state index in [9.17, 15) is 19.5 Å². The first-order chi connectivity index (χ1) is 35.1. The number of esters is 2. The lowest BCUT2D eigenvalue weighted by atomic mass is 10.1. The Morgan fingerprint density at radius 2 is 0.792 bits per heavy atom. The summed E-state index contributed by atoms with van der Waals surface area (Å²) in [5.74, 6) is -2.35. The molecule has 0 aromatic heterocycles. The van der Waals surface area contributed by atoms with Crippen LogP contribution in [-0.2, 0) is 33.3 Å². The van der Waals surface area contributed by atoms with Crippen molar-refractivity contribution in [2.24, 2.45) is 0 Å². The Labute approximate surface area is 439 Å². The third-order valence-corrected chi connectivity index (χ3v) is 11.1. The number of quaternary nitrogens is 1. The molecule has 0 spiro atoms. The highest BCUT2D eigenvalue weighted by Gasteiger charge is 2.22. The van der Waals surface area contributed by atoms with Gasteiger partial charge in [-0.05, 0) is 116 Å². The van der Waals surface area contributed by atoms with Gasteiger partial charge in [0.25, 0.3) is 0 Å². The second-order valence-corrected chi connectivity index (χ2v) is 19.1. The molecule has 72 heavy (non-hydrogen) atoms.